The highest BCUT2D eigenvalue weighted by atomic mass is 35.5. The molecule has 0 atom stereocenters. The lowest BCUT2D eigenvalue weighted by Gasteiger charge is -2.04. The fourth-order valence-corrected chi connectivity index (χ4v) is 2.35. The Morgan fingerprint density at radius 2 is 2.00 bits per heavy atom. The summed E-state index contributed by atoms with van der Waals surface area (Å²) in [6.45, 7) is 2.14. The summed E-state index contributed by atoms with van der Waals surface area (Å²) in [4.78, 5) is 19.8. The molecule has 0 aliphatic heterocycles. The molecule has 0 saturated carbocycles. The number of benzene rings is 1. The molecule has 0 N–H and O–H groups in total. The van der Waals surface area contributed by atoms with E-state index >= 15 is 0 Å². The molecule has 1 aromatic heterocycles. The molecule has 0 saturated heterocycles. The number of carbonyl (C=O) groups is 1. The molecule has 2 aromatic rings. The van der Waals surface area contributed by atoms with Gasteiger partial charge < -0.3 is 4.74 Å². The Labute approximate surface area is 124 Å². The van der Waals surface area contributed by atoms with Crippen molar-refractivity contribution in [1.29, 1.82) is 0 Å². The molecule has 4 nitrogen and oxygen atoms in total. The number of thioether (sulfide) groups is 1. The third-order valence-electron chi connectivity index (χ3n) is 2.21. The first-order chi connectivity index (χ1) is 9.10. The number of halogens is 2. The summed E-state index contributed by atoms with van der Waals surface area (Å²) >= 11 is 13.1. The summed E-state index contributed by atoms with van der Waals surface area (Å²) in [5.74, 6) is -0.0708. The van der Waals surface area contributed by atoms with E-state index in [0.29, 0.717) is 32.7 Å². The second kappa shape index (κ2) is 6.41. The number of rotatable bonds is 4. The van der Waals surface area contributed by atoms with Gasteiger partial charge in [0, 0.05) is 0 Å². The molecule has 1 heterocycles. The quantitative estimate of drug-likeness (QED) is 0.637. The first kappa shape index (κ1) is 14.4. The lowest BCUT2D eigenvalue weighted by Crippen LogP contribution is -2.06. The van der Waals surface area contributed by atoms with Gasteiger partial charge in [-0.2, -0.15) is 0 Å². The van der Waals surface area contributed by atoms with Crippen LogP contribution in [0.15, 0.2) is 23.4 Å². The molecule has 7 heteroatoms. The Balaban J connectivity index is 2.17. The van der Waals surface area contributed by atoms with Gasteiger partial charge in [0.2, 0.25) is 0 Å². The number of carbonyl (C=O) groups excluding carboxylic acids is 1. The molecule has 0 spiro atoms. The minimum atomic E-state index is -0.275. The average Bonchev–Trinajstić information content (AvgIpc) is 2.38. The number of aromatic nitrogens is 2. The zero-order chi connectivity index (χ0) is 13.8. The first-order valence-electron chi connectivity index (χ1n) is 5.50. The van der Waals surface area contributed by atoms with Gasteiger partial charge in [-0.05, 0) is 19.1 Å². The van der Waals surface area contributed by atoms with Gasteiger partial charge in [0.1, 0.15) is 5.03 Å². The maximum Gasteiger partial charge on any atom is 0.316 e. The highest BCUT2D eigenvalue weighted by Crippen LogP contribution is 2.27. The Bertz CT molecular complexity index is 622. The van der Waals surface area contributed by atoms with E-state index < -0.39 is 0 Å². The fourth-order valence-electron chi connectivity index (χ4n) is 1.40. The van der Waals surface area contributed by atoms with Crippen LogP contribution in [0.25, 0.3) is 11.0 Å². The molecule has 1 aromatic carbocycles. The largest absolute Gasteiger partial charge is 0.465 e. The van der Waals surface area contributed by atoms with Gasteiger partial charge in [0.05, 0.1) is 39.6 Å². The summed E-state index contributed by atoms with van der Waals surface area (Å²) < 4.78 is 4.84. The third-order valence-corrected chi connectivity index (χ3v) is 3.80. The van der Waals surface area contributed by atoms with Crippen LogP contribution in [0.1, 0.15) is 6.92 Å². The second-order valence-corrected chi connectivity index (χ2v) is 5.37. The molecule has 100 valence electrons. The van der Waals surface area contributed by atoms with Crippen LogP contribution in [0.5, 0.6) is 0 Å². The molecule has 0 aliphatic rings. The van der Waals surface area contributed by atoms with Gasteiger partial charge in [-0.15, -0.1) is 0 Å². The van der Waals surface area contributed by atoms with Crippen LogP contribution in [0.4, 0.5) is 0 Å². The smallest absolute Gasteiger partial charge is 0.316 e. The van der Waals surface area contributed by atoms with E-state index in [1.54, 1.807) is 25.3 Å². The molecule has 0 fully saturated rings. The zero-order valence-electron chi connectivity index (χ0n) is 10.0. The van der Waals surface area contributed by atoms with Crippen LogP contribution in [-0.4, -0.2) is 28.3 Å². The summed E-state index contributed by atoms with van der Waals surface area (Å²) in [5.41, 5.74) is 1.30. The minimum absolute atomic E-state index is 0.204. The van der Waals surface area contributed by atoms with Crippen molar-refractivity contribution in [3.63, 3.8) is 0 Å². The lowest BCUT2D eigenvalue weighted by molar-refractivity contribution is -0.139. The molecule has 0 radical (unpaired) electrons. The Kier molecular flexibility index (Phi) is 4.85. The van der Waals surface area contributed by atoms with Gasteiger partial charge >= 0.3 is 5.97 Å². The van der Waals surface area contributed by atoms with Crippen molar-refractivity contribution in [2.45, 2.75) is 11.9 Å². The molecule has 0 aliphatic carbocycles. The Morgan fingerprint density at radius 3 is 2.68 bits per heavy atom. The molecule has 19 heavy (non-hydrogen) atoms. The van der Waals surface area contributed by atoms with Crippen LogP contribution < -0.4 is 0 Å². The van der Waals surface area contributed by atoms with Crippen molar-refractivity contribution in [3.8, 4) is 0 Å². The predicted octanol–water partition coefficient (Wildman–Crippen LogP) is 3.59. The van der Waals surface area contributed by atoms with Gasteiger partial charge in [0.15, 0.2) is 0 Å². The third kappa shape index (κ3) is 3.72. The minimum Gasteiger partial charge on any atom is -0.465 e. The molecular weight excluding hydrogens is 307 g/mol. The average molecular weight is 317 g/mol. The molecule has 0 bridgehead atoms. The van der Waals surface area contributed by atoms with Crippen molar-refractivity contribution in [2.75, 3.05) is 12.4 Å². The highest BCUT2D eigenvalue weighted by molar-refractivity contribution is 7.99. The highest BCUT2D eigenvalue weighted by Gasteiger charge is 2.07. The maximum absolute atomic E-state index is 11.2. The van der Waals surface area contributed by atoms with Crippen molar-refractivity contribution in [1.82, 2.24) is 9.97 Å². The van der Waals surface area contributed by atoms with E-state index in [2.05, 4.69) is 9.97 Å². The second-order valence-electron chi connectivity index (χ2n) is 3.56. The molecule has 0 unspecified atom stereocenters. The van der Waals surface area contributed by atoms with Crippen molar-refractivity contribution < 1.29 is 9.53 Å². The van der Waals surface area contributed by atoms with E-state index in [1.807, 2.05) is 0 Å². The fraction of sp³-hybridized carbons (Fsp3) is 0.250. The first-order valence-corrected chi connectivity index (χ1v) is 7.24. The summed E-state index contributed by atoms with van der Waals surface area (Å²) in [6.07, 6.45) is 1.59. The Hall–Kier alpha value is -1.04. The van der Waals surface area contributed by atoms with E-state index in [9.17, 15) is 4.79 Å². The van der Waals surface area contributed by atoms with Crippen LogP contribution in [0.2, 0.25) is 10.0 Å². The molecular formula is C12H10Cl2N2O2S. The van der Waals surface area contributed by atoms with E-state index in [4.69, 9.17) is 27.9 Å². The number of hydrogen-bond donors (Lipinski definition) is 0. The summed E-state index contributed by atoms with van der Waals surface area (Å²) in [6, 6.07) is 3.31. The number of esters is 1. The van der Waals surface area contributed by atoms with Gasteiger partial charge in [-0.25, -0.2) is 4.98 Å². The standard InChI is InChI=1S/C12H10Cl2N2O2S/c1-2-18-12(17)6-19-11-5-15-9-3-7(13)8(14)4-10(9)16-11/h3-5H,2,6H2,1H3. The van der Waals surface area contributed by atoms with Crippen molar-refractivity contribution >= 4 is 52.0 Å². The number of fused-ring (bicyclic) bond motifs is 1. The van der Waals surface area contributed by atoms with E-state index in [1.165, 1.54) is 11.8 Å². The SMILES string of the molecule is CCOC(=O)CSc1cnc2cc(Cl)c(Cl)cc2n1. The van der Waals surface area contributed by atoms with Gasteiger partial charge in [0.25, 0.3) is 0 Å². The van der Waals surface area contributed by atoms with Crippen LogP contribution in [0, 0.1) is 0 Å². The van der Waals surface area contributed by atoms with Crippen LogP contribution in [0.3, 0.4) is 0 Å². The predicted molar refractivity (Wildman–Crippen MR) is 76.9 cm³/mol. The summed E-state index contributed by atoms with van der Waals surface area (Å²) in [7, 11) is 0. The van der Waals surface area contributed by atoms with E-state index in [-0.39, 0.29) is 11.7 Å². The van der Waals surface area contributed by atoms with Gasteiger partial charge in [-0.1, -0.05) is 35.0 Å². The number of nitrogens with zero attached hydrogens (tertiary/aromatic N) is 2. The van der Waals surface area contributed by atoms with Crippen molar-refractivity contribution in [3.05, 3.63) is 28.4 Å². The summed E-state index contributed by atoms with van der Waals surface area (Å²) in [5, 5.41) is 1.50. The molecule has 0 amide bonds. The maximum atomic E-state index is 11.2. The number of ether oxygens (including phenoxy) is 1. The van der Waals surface area contributed by atoms with Crippen molar-refractivity contribution in [2.24, 2.45) is 0 Å². The van der Waals surface area contributed by atoms with E-state index in [0.717, 1.165) is 0 Å². The van der Waals surface area contributed by atoms with Crippen LogP contribution in [-0.2, 0) is 9.53 Å². The molecule has 2 rings (SSSR count). The van der Waals surface area contributed by atoms with Gasteiger partial charge in [-0.3, -0.25) is 9.78 Å². The Morgan fingerprint density at radius 1 is 1.32 bits per heavy atom. The number of hydrogen-bond acceptors (Lipinski definition) is 5. The lowest BCUT2D eigenvalue weighted by atomic mass is 10.3. The monoisotopic (exact) mass is 316 g/mol. The normalized spacial score (nSPS) is 10.7. The topological polar surface area (TPSA) is 52.1 Å². The zero-order valence-corrected chi connectivity index (χ0v) is 12.3. The van der Waals surface area contributed by atoms with Crippen LogP contribution >= 0.6 is 35.0 Å².